The van der Waals surface area contributed by atoms with Crippen LogP contribution in [-0.4, -0.2) is 49.8 Å². The van der Waals surface area contributed by atoms with E-state index in [9.17, 15) is 23.1 Å². The molecule has 3 aliphatic rings. The average Bonchev–Trinajstić information content (AvgIpc) is 3.74. The van der Waals surface area contributed by atoms with Crippen molar-refractivity contribution in [1.29, 1.82) is 0 Å². The normalized spacial score (nSPS) is 15.6. The molecule has 12 heteroatoms. The zero-order valence-corrected chi connectivity index (χ0v) is 37.9. The van der Waals surface area contributed by atoms with Gasteiger partial charge in [-0.15, -0.1) is 0 Å². The second-order valence-electron chi connectivity index (χ2n) is 17.8. The molecule has 65 heavy (non-hydrogen) atoms. The summed E-state index contributed by atoms with van der Waals surface area (Å²) in [6, 6.07) is 37.3. The maximum atomic E-state index is 14.8. The van der Waals surface area contributed by atoms with Crippen molar-refractivity contribution in [2.24, 2.45) is 4.99 Å². The fraction of sp³-hybridized carbons (Fsp3) is 0.264. The van der Waals surface area contributed by atoms with Gasteiger partial charge in [0.2, 0.25) is 5.96 Å². The van der Waals surface area contributed by atoms with Crippen LogP contribution >= 0.6 is 0 Å². The number of carbonyl (C=O) groups is 2. The lowest BCUT2D eigenvalue weighted by Gasteiger charge is -2.22. The molecule has 2 aliphatic carbocycles. The van der Waals surface area contributed by atoms with E-state index in [4.69, 9.17) is 14.5 Å². The Morgan fingerprint density at radius 2 is 1.37 bits per heavy atom. The number of anilines is 1. The molecule has 0 bridgehead atoms. The molecule has 11 nitrogen and oxygen atoms in total. The summed E-state index contributed by atoms with van der Waals surface area (Å²) in [5.74, 6) is -0.708. The third kappa shape index (κ3) is 8.58. The van der Waals surface area contributed by atoms with Gasteiger partial charge in [-0.3, -0.25) is 0 Å². The van der Waals surface area contributed by atoms with Crippen molar-refractivity contribution >= 4 is 33.7 Å². The molecule has 0 aromatic heterocycles. The van der Waals surface area contributed by atoms with E-state index in [2.05, 4.69) is 27.5 Å². The highest BCUT2D eigenvalue weighted by atomic mass is 32.2. The fourth-order valence-corrected chi connectivity index (χ4v) is 11.3. The lowest BCUT2D eigenvalue weighted by Crippen LogP contribution is -2.43. The predicted molar refractivity (Wildman–Crippen MR) is 252 cm³/mol. The zero-order valence-electron chi connectivity index (χ0n) is 37.1. The number of nitrogens with zero attached hydrogens (tertiary/aromatic N) is 1. The minimum absolute atomic E-state index is 0.0151. The maximum absolute atomic E-state index is 14.8. The fourth-order valence-electron chi connectivity index (χ4n) is 9.80. The third-order valence-electron chi connectivity index (χ3n) is 13.0. The number of nitrogens with one attached hydrogen (secondary N) is 3. The number of fused-ring (bicyclic) bond motifs is 6. The van der Waals surface area contributed by atoms with Crippen LogP contribution in [0.25, 0.3) is 11.1 Å². The maximum Gasteiger partial charge on any atom is 0.407 e. The van der Waals surface area contributed by atoms with Crippen LogP contribution in [0.3, 0.4) is 0 Å². The summed E-state index contributed by atoms with van der Waals surface area (Å²) in [6.07, 6.45) is 1.24. The van der Waals surface area contributed by atoms with Gasteiger partial charge >= 0.3 is 12.1 Å². The van der Waals surface area contributed by atoms with Gasteiger partial charge in [0.05, 0.1) is 4.90 Å². The first-order valence-electron chi connectivity index (χ1n) is 22.0. The standard InChI is InChI=1S/C53H52N4O7S/c1-31-32(2)49(33(3)44-29-53(4,5)64-48(31)44)65(61,62)57-51(56-47-38-19-8-6-16-35(38)25-26-36-17-7-9-20-39(36)47)54-37-18-14-15-34(27-37)28-46(50(58)59)55-52(60)63-30-45-42-23-12-10-21-40(42)41-22-11-13-24-43(41)45/h6-24,27,45-47H,25-26,28-30H2,1-5H3,(H,55,60)(H,58,59)(H2,54,56,57). The van der Waals surface area contributed by atoms with Gasteiger partial charge in [0.15, 0.2) is 0 Å². The summed E-state index contributed by atoms with van der Waals surface area (Å²) in [5.41, 5.74) is 11.8. The van der Waals surface area contributed by atoms with Crippen LogP contribution in [0.2, 0.25) is 0 Å². The number of hydrogen-bond acceptors (Lipinski definition) is 7. The first-order valence-corrected chi connectivity index (χ1v) is 23.4. The molecule has 6 aromatic rings. The van der Waals surface area contributed by atoms with Gasteiger partial charge in [-0.05, 0) is 126 Å². The largest absolute Gasteiger partial charge is 0.487 e. The molecular weight excluding hydrogens is 837 g/mol. The van der Waals surface area contributed by atoms with E-state index in [1.165, 1.54) is 0 Å². The lowest BCUT2D eigenvalue weighted by atomic mass is 9.94. The van der Waals surface area contributed by atoms with E-state index in [0.29, 0.717) is 28.8 Å². The highest BCUT2D eigenvalue weighted by molar-refractivity contribution is 7.90. The number of hydrogen-bond donors (Lipinski definition) is 4. The zero-order chi connectivity index (χ0) is 45.6. The smallest absolute Gasteiger partial charge is 0.407 e. The number of carbonyl (C=O) groups excluding carboxylic acids is 1. The van der Waals surface area contributed by atoms with Gasteiger partial charge in [-0.1, -0.05) is 109 Å². The Kier molecular flexibility index (Phi) is 11.5. The molecule has 1 atom stereocenters. The lowest BCUT2D eigenvalue weighted by molar-refractivity contribution is -0.139. The number of guanidine groups is 1. The number of benzene rings is 6. The molecule has 0 saturated carbocycles. The van der Waals surface area contributed by atoms with E-state index < -0.39 is 39.8 Å². The summed E-state index contributed by atoms with van der Waals surface area (Å²) in [5, 5.41) is 16.1. The molecule has 332 valence electrons. The molecular formula is C53H52N4O7S. The number of alkyl carbamates (subject to hydrolysis) is 1. The molecule has 1 unspecified atom stereocenters. The number of aliphatic carboxylic acids is 1. The number of rotatable bonds is 10. The van der Waals surface area contributed by atoms with Gasteiger partial charge in [-0.25, -0.2) is 27.7 Å². The van der Waals surface area contributed by atoms with Gasteiger partial charge in [0.25, 0.3) is 10.0 Å². The van der Waals surface area contributed by atoms with Crippen molar-refractivity contribution in [1.82, 2.24) is 10.0 Å². The summed E-state index contributed by atoms with van der Waals surface area (Å²) >= 11 is 0. The predicted octanol–water partition coefficient (Wildman–Crippen LogP) is 9.49. The third-order valence-corrected chi connectivity index (χ3v) is 14.6. The number of aryl methyl sites for hydroxylation is 2. The van der Waals surface area contributed by atoms with E-state index in [-0.39, 0.29) is 29.8 Å². The van der Waals surface area contributed by atoms with Gasteiger partial charge in [0, 0.05) is 30.0 Å². The SMILES string of the molecule is Cc1c(C)c(S(=O)(=O)NC(=NC2c3ccccc3CCc3ccccc32)Nc2cccc(CC(NC(=O)OCC3c4ccccc4-c4ccccc43)C(=O)O)c2)c(C)c2c1OC(C)(C)C2. The van der Waals surface area contributed by atoms with Crippen LogP contribution in [0.15, 0.2) is 131 Å². The first-order chi connectivity index (χ1) is 31.2. The van der Waals surface area contributed by atoms with E-state index in [1.807, 2.05) is 113 Å². The number of sulfonamides is 1. The Morgan fingerprint density at radius 1 is 0.785 bits per heavy atom. The quantitative estimate of drug-likeness (QED) is 0.0784. The number of carboxylic acids is 1. The van der Waals surface area contributed by atoms with Crippen LogP contribution in [-0.2, 0) is 45.2 Å². The Hall–Kier alpha value is -6.92. The molecule has 1 amide bonds. The van der Waals surface area contributed by atoms with E-state index in [1.54, 1.807) is 31.2 Å². The van der Waals surface area contributed by atoms with E-state index >= 15 is 0 Å². The highest BCUT2D eigenvalue weighted by Crippen LogP contribution is 2.46. The Morgan fingerprint density at radius 3 is 1.98 bits per heavy atom. The highest BCUT2D eigenvalue weighted by Gasteiger charge is 2.37. The van der Waals surface area contributed by atoms with Crippen molar-refractivity contribution < 1.29 is 32.6 Å². The average molecular weight is 889 g/mol. The van der Waals surface area contributed by atoms with Gasteiger partial charge in [-0.2, -0.15) is 0 Å². The molecule has 0 radical (unpaired) electrons. The van der Waals surface area contributed by atoms with Crippen LogP contribution in [0, 0.1) is 20.8 Å². The van der Waals surface area contributed by atoms with Gasteiger partial charge < -0.3 is 25.2 Å². The molecule has 6 aromatic carbocycles. The molecule has 1 heterocycles. The molecule has 1 aliphatic heterocycles. The number of ether oxygens (including phenoxy) is 2. The Bertz CT molecular complexity index is 2920. The van der Waals surface area contributed by atoms with Crippen LogP contribution < -0.4 is 20.1 Å². The summed E-state index contributed by atoms with van der Waals surface area (Å²) in [4.78, 5) is 31.3. The molecule has 0 fully saturated rings. The van der Waals surface area contributed by atoms with Crippen molar-refractivity contribution in [2.45, 2.75) is 88.8 Å². The van der Waals surface area contributed by atoms with Crippen molar-refractivity contribution in [2.75, 3.05) is 11.9 Å². The Labute approximate surface area is 380 Å². The van der Waals surface area contributed by atoms with Crippen LogP contribution in [0.5, 0.6) is 5.75 Å². The van der Waals surface area contributed by atoms with Gasteiger partial charge in [0.1, 0.15) is 30.0 Å². The van der Waals surface area contributed by atoms with Crippen LogP contribution in [0.1, 0.15) is 87.0 Å². The molecule has 9 rings (SSSR count). The van der Waals surface area contributed by atoms with Crippen molar-refractivity contribution in [3.8, 4) is 16.9 Å². The van der Waals surface area contributed by atoms with E-state index in [0.717, 1.165) is 74.2 Å². The van der Waals surface area contributed by atoms with Crippen molar-refractivity contribution in [3.05, 3.63) is 183 Å². The minimum atomic E-state index is -4.27. The Balaban J connectivity index is 1.01. The summed E-state index contributed by atoms with van der Waals surface area (Å²) in [6.45, 7) is 9.54. The monoisotopic (exact) mass is 888 g/mol. The second-order valence-corrected chi connectivity index (χ2v) is 19.4. The molecule has 4 N–H and O–H groups in total. The van der Waals surface area contributed by atoms with Crippen LogP contribution in [0.4, 0.5) is 10.5 Å². The second kappa shape index (κ2) is 17.2. The topological polar surface area (TPSA) is 155 Å². The molecule has 0 spiro atoms. The van der Waals surface area contributed by atoms with Crippen molar-refractivity contribution in [3.63, 3.8) is 0 Å². The molecule has 0 saturated heterocycles. The minimum Gasteiger partial charge on any atom is -0.487 e. The summed E-state index contributed by atoms with van der Waals surface area (Å²) in [7, 11) is -4.27. The number of amides is 1. The first kappa shape index (κ1) is 43.3. The number of carboxylic acid groups (broad SMARTS) is 1. The summed E-state index contributed by atoms with van der Waals surface area (Å²) < 4.78 is 44.6. The number of aliphatic imine (C=N–C) groups is 1.